The van der Waals surface area contributed by atoms with Crippen molar-refractivity contribution in [2.24, 2.45) is 0 Å². The van der Waals surface area contributed by atoms with E-state index in [1.54, 1.807) is 29.8 Å². The number of nitrogens with zero attached hydrogens (tertiary/aromatic N) is 1. The molecular weight excluding hydrogens is 344 g/mol. The molecule has 1 heterocycles. The minimum atomic E-state index is -0.957. The Morgan fingerprint density at radius 2 is 2.00 bits per heavy atom. The second kappa shape index (κ2) is 8.84. The van der Waals surface area contributed by atoms with Crippen molar-refractivity contribution in [1.29, 1.82) is 0 Å². The van der Waals surface area contributed by atoms with Crippen molar-refractivity contribution in [2.75, 3.05) is 19.5 Å². The van der Waals surface area contributed by atoms with Gasteiger partial charge in [-0.2, -0.15) is 0 Å². The van der Waals surface area contributed by atoms with Crippen LogP contribution in [0.1, 0.15) is 11.9 Å². The molecule has 2 aromatic rings. The molecule has 1 atom stereocenters. The number of nitrogens with one attached hydrogen (secondary N) is 1. The SMILES string of the molecule is COc1ccc(NC(=O)C(C)OC(=O)C=Cc2nccs2)cc1OC. The Bertz CT molecular complexity index is 758. The number of esters is 1. The lowest BCUT2D eigenvalue weighted by Crippen LogP contribution is -2.29. The summed E-state index contributed by atoms with van der Waals surface area (Å²) in [5, 5.41) is 5.13. The second-order valence-corrected chi connectivity index (χ2v) is 5.77. The number of amides is 1. The van der Waals surface area contributed by atoms with Gasteiger partial charge in [-0.25, -0.2) is 9.78 Å². The van der Waals surface area contributed by atoms with Gasteiger partial charge in [-0.15, -0.1) is 11.3 Å². The van der Waals surface area contributed by atoms with E-state index in [-0.39, 0.29) is 0 Å². The van der Waals surface area contributed by atoms with Gasteiger partial charge in [0.1, 0.15) is 5.01 Å². The van der Waals surface area contributed by atoms with Crippen molar-refractivity contribution in [3.63, 3.8) is 0 Å². The number of hydrogen-bond acceptors (Lipinski definition) is 7. The van der Waals surface area contributed by atoms with Crippen LogP contribution in [0.15, 0.2) is 35.9 Å². The third kappa shape index (κ3) is 5.32. The predicted octanol–water partition coefficient (Wildman–Crippen LogP) is 2.74. The van der Waals surface area contributed by atoms with Crippen LogP contribution in [0, 0.1) is 0 Å². The first-order chi connectivity index (χ1) is 12.0. The highest BCUT2D eigenvalue weighted by Crippen LogP contribution is 2.29. The quantitative estimate of drug-likeness (QED) is 0.602. The van der Waals surface area contributed by atoms with E-state index >= 15 is 0 Å². The molecule has 0 aliphatic heterocycles. The molecule has 0 radical (unpaired) electrons. The van der Waals surface area contributed by atoms with Crippen LogP contribution in [0.4, 0.5) is 5.69 Å². The predicted molar refractivity (Wildman–Crippen MR) is 94.9 cm³/mol. The minimum Gasteiger partial charge on any atom is -0.493 e. The smallest absolute Gasteiger partial charge is 0.331 e. The number of benzene rings is 1. The van der Waals surface area contributed by atoms with Crippen molar-refractivity contribution < 1.29 is 23.8 Å². The molecule has 2 rings (SSSR count). The average molecular weight is 362 g/mol. The van der Waals surface area contributed by atoms with Crippen molar-refractivity contribution in [2.45, 2.75) is 13.0 Å². The molecule has 1 unspecified atom stereocenters. The molecule has 1 aromatic heterocycles. The zero-order chi connectivity index (χ0) is 18.2. The molecule has 0 saturated carbocycles. The van der Waals surface area contributed by atoms with Gasteiger partial charge in [-0.1, -0.05) is 0 Å². The van der Waals surface area contributed by atoms with Gasteiger partial charge in [0.25, 0.3) is 5.91 Å². The number of rotatable bonds is 7. The number of carbonyl (C=O) groups is 2. The minimum absolute atomic E-state index is 0.455. The summed E-state index contributed by atoms with van der Waals surface area (Å²) in [5.74, 6) is -0.0444. The van der Waals surface area contributed by atoms with Crippen LogP contribution in [0.5, 0.6) is 11.5 Å². The van der Waals surface area contributed by atoms with E-state index in [2.05, 4.69) is 10.3 Å². The van der Waals surface area contributed by atoms with Crippen molar-refractivity contribution in [1.82, 2.24) is 4.98 Å². The summed E-state index contributed by atoms with van der Waals surface area (Å²) in [6.45, 7) is 1.49. The first-order valence-electron chi connectivity index (χ1n) is 7.34. The average Bonchev–Trinajstić information content (AvgIpc) is 3.13. The van der Waals surface area contributed by atoms with E-state index in [4.69, 9.17) is 14.2 Å². The molecule has 0 spiro atoms. The van der Waals surface area contributed by atoms with E-state index in [0.717, 1.165) is 0 Å². The Kier molecular flexibility index (Phi) is 6.53. The van der Waals surface area contributed by atoms with Gasteiger partial charge in [-0.05, 0) is 25.1 Å². The number of aromatic nitrogens is 1. The summed E-state index contributed by atoms with van der Waals surface area (Å²) in [4.78, 5) is 27.9. The number of hydrogen-bond donors (Lipinski definition) is 1. The fraction of sp³-hybridized carbons (Fsp3) is 0.235. The van der Waals surface area contributed by atoms with E-state index in [1.807, 2.05) is 0 Å². The molecule has 0 bridgehead atoms. The zero-order valence-electron chi connectivity index (χ0n) is 14.0. The van der Waals surface area contributed by atoms with Crippen molar-refractivity contribution in [3.8, 4) is 11.5 Å². The Morgan fingerprint density at radius 1 is 1.24 bits per heavy atom. The lowest BCUT2D eigenvalue weighted by molar-refractivity contribution is -0.148. The number of anilines is 1. The van der Waals surface area contributed by atoms with Crippen molar-refractivity contribution >= 4 is 35.0 Å². The van der Waals surface area contributed by atoms with Gasteiger partial charge in [0.15, 0.2) is 17.6 Å². The molecule has 0 saturated heterocycles. The van der Waals surface area contributed by atoms with E-state index in [1.165, 1.54) is 44.6 Å². The Morgan fingerprint density at radius 3 is 2.64 bits per heavy atom. The molecule has 0 fully saturated rings. The molecule has 1 amide bonds. The number of carbonyl (C=O) groups excluding carboxylic acids is 2. The highest BCUT2D eigenvalue weighted by molar-refractivity contribution is 7.10. The molecule has 1 aromatic carbocycles. The monoisotopic (exact) mass is 362 g/mol. The summed E-state index contributed by atoms with van der Waals surface area (Å²) in [6.07, 6.45) is 3.45. The second-order valence-electron chi connectivity index (χ2n) is 4.84. The number of methoxy groups -OCH3 is 2. The van der Waals surface area contributed by atoms with Gasteiger partial charge in [0.05, 0.1) is 14.2 Å². The van der Waals surface area contributed by atoms with Gasteiger partial charge in [-0.3, -0.25) is 4.79 Å². The molecule has 25 heavy (non-hydrogen) atoms. The molecule has 0 aliphatic carbocycles. The molecule has 132 valence electrons. The lowest BCUT2D eigenvalue weighted by Gasteiger charge is -2.14. The molecule has 7 nitrogen and oxygen atoms in total. The van der Waals surface area contributed by atoms with E-state index in [9.17, 15) is 9.59 Å². The summed E-state index contributed by atoms with van der Waals surface area (Å²) >= 11 is 1.39. The Labute approximate surface area is 149 Å². The summed E-state index contributed by atoms with van der Waals surface area (Å²) < 4.78 is 15.4. The lowest BCUT2D eigenvalue weighted by atomic mass is 10.2. The van der Waals surface area contributed by atoms with Crippen LogP contribution in [-0.4, -0.2) is 37.2 Å². The van der Waals surface area contributed by atoms with E-state index in [0.29, 0.717) is 22.2 Å². The zero-order valence-corrected chi connectivity index (χ0v) is 14.8. The number of ether oxygens (including phenoxy) is 3. The molecule has 0 aliphatic rings. The van der Waals surface area contributed by atoms with Crippen LogP contribution in [-0.2, 0) is 14.3 Å². The van der Waals surface area contributed by atoms with Crippen LogP contribution in [0.2, 0.25) is 0 Å². The summed E-state index contributed by atoms with van der Waals surface area (Å²) in [7, 11) is 3.03. The standard InChI is InChI=1S/C17H18N2O5S/c1-11(24-16(20)7-6-15-18-8-9-25-15)17(21)19-12-4-5-13(22-2)14(10-12)23-3/h4-11H,1-3H3,(H,19,21). The third-order valence-corrected chi connectivity index (χ3v) is 3.87. The largest absolute Gasteiger partial charge is 0.493 e. The fourth-order valence-corrected chi connectivity index (χ4v) is 2.41. The van der Waals surface area contributed by atoms with Crippen LogP contribution < -0.4 is 14.8 Å². The molecular formula is C17H18N2O5S. The maximum Gasteiger partial charge on any atom is 0.331 e. The topological polar surface area (TPSA) is 86.8 Å². The first-order valence-corrected chi connectivity index (χ1v) is 8.22. The highest BCUT2D eigenvalue weighted by Gasteiger charge is 2.17. The van der Waals surface area contributed by atoms with Gasteiger partial charge >= 0.3 is 5.97 Å². The normalized spacial score (nSPS) is 11.8. The number of thiazole rings is 1. The van der Waals surface area contributed by atoms with Crippen molar-refractivity contribution in [3.05, 3.63) is 40.9 Å². The van der Waals surface area contributed by atoms with Gasteiger partial charge in [0.2, 0.25) is 0 Å². The highest BCUT2D eigenvalue weighted by atomic mass is 32.1. The third-order valence-electron chi connectivity index (χ3n) is 3.13. The fourth-order valence-electron chi connectivity index (χ4n) is 1.88. The summed E-state index contributed by atoms with van der Waals surface area (Å²) in [5.41, 5.74) is 0.504. The van der Waals surface area contributed by atoms with Crippen LogP contribution in [0.25, 0.3) is 6.08 Å². The van der Waals surface area contributed by atoms with Gasteiger partial charge in [0, 0.05) is 29.4 Å². The van der Waals surface area contributed by atoms with Crippen LogP contribution >= 0.6 is 11.3 Å². The maximum absolute atomic E-state index is 12.1. The summed E-state index contributed by atoms with van der Waals surface area (Å²) in [6, 6.07) is 4.95. The Hall–Kier alpha value is -2.87. The molecule has 8 heteroatoms. The van der Waals surface area contributed by atoms with Crippen LogP contribution in [0.3, 0.4) is 0 Å². The Balaban J connectivity index is 1.92. The van der Waals surface area contributed by atoms with Gasteiger partial charge < -0.3 is 19.5 Å². The van der Waals surface area contributed by atoms with E-state index < -0.39 is 18.0 Å². The maximum atomic E-state index is 12.1. The first kappa shape index (κ1) is 18.5. The molecule has 1 N–H and O–H groups in total.